The van der Waals surface area contributed by atoms with Crippen LogP contribution in [-0.4, -0.2) is 62.9 Å². The molecule has 178 valence electrons. The molecule has 0 bridgehead atoms. The van der Waals surface area contributed by atoms with Crippen LogP contribution < -0.4 is 5.32 Å². The summed E-state index contributed by atoms with van der Waals surface area (Å²) in [6, 6.07) is 15.1. The molecule has 2 N–H and O–H groups in total. The third-order valence-corrected chi connectivity index (χ3v) is 6.25. The lowest BCUT2D eigenvalue weighted by Gasteiger charge is -2.32. The molecule has 2 aromatic rings. The summed E-state index contributed by atoms with van der Waals surface area (Å²) in [5.41, 5.74) is 0.336. The van der Waals surface area contributed by atoms with E-state index in [0.29, 0.717) is 0 Å². The molecule has 0 saturated carbocycles. The molecule has 2 heterocycles. The highest BCUT2D eigenvalue weighted by Crippen LogP contribution is 2.40. The van der Waals surface area contributed by atoms with Gasteiger partial charge < -0.3 is 24.6 Å². The average molecular weight is 582 g/mol. The van der Waals surface area contributed by atoms with Crippen molar-refractivity contribution >= 4 is 40.6 Å². The minimum absolute atomic E-state index is 0.161. The van der Waals surface area contributed by atoms with Gasteiger partial charge in [-0.2, -0.15) is 0 Å². The molecular formula is C23H20FIN2O7. The average Bonchev–Trinajstić information content (AvgIpc) is 3.11. The van der Waals surface area contributed by atoms with Gasteiger partial charge in [0.15, 0.2) is 12.3 Å². The van der Waals surface area contributed by atoms with Gasteiger partial charge in [-0.25, -0.2) is 18.8 Å². The minimum Gasteiger partial charge on any atom is -0.450 e. The van der Waals surface area contributed by atoms with Crippen LogP contribution in [0.15, 0.2) is 72.9 Å². The van der Waals surface area contributed by atoms with Gasteiger partial charge in [-0.3, -0.25) is 4.90 Å². The normalized spacial score (nSPS) is 28.3. The number of esters is 2. The monoisotopic (exact) mass is 582 g/mol. The van der Waals surface area contributed by atoms with Crippen LogP contribution >= 0.6 is 22.6 Å². The summed E-state index contributed by atoms with van der Waals surface area (Å²) in [4.78, 5) is 39.0. The Bertz CT molecular complexity index is 1090. The Morgan fingerprint density at radius 3 is 2.15 bits per heavy atom. The molecular weight excluding hydrogens is 562 g/mol. The molecule has 2 amide bonds. The third-order valence-electron chi connectivity index (χ3n) is 5.21. The Morgan fingerprint density at radius 1 is 1.06 bits per heavy atom. The number of ether oxygens (including phenoxy) is 3. The van der Waals surface area contributed by atoms with Crippen LogP contribution in [0.1, 0.15) is 20.7 Å². The van der Waals surface area contributed by atoms with E-state index >= 15 is 4.39 Å². The predicted octanol–water partition coefficient (Wildman–Crippen LogP) is 2.75. The van der Waals surface area contributed by atoms with Crippen molar-refractivity contribution in [3.8, 4) is 0 Å². The SMILES string of the molecule is O=C(O[C@H]1[C@H](N2C=CC(O)NC2=O)O[C@](F)(CI)[C@H]1OC(=O)c1ccccc1)c1ccccc1. The summed E-state index contributed by atoms with van der Waals surface area (Å²) in [5.74, 6) is -4.25. The van der Waals surface area contributed by atoms with E-state index in [2.05, 4.69) is 5.32 Å². The molecule has 0 spiro atoms. The zero-order valence-corrected chi connectivity index (χ0v) is 19.7. The number of nitrogens with one attached hydrogen (secondary N) is 1. The Kier molecular flexibility index (Phi) is 7.14. The minimum atomic E-state index is -2.58. The van der Waals surface area contributed by atoms with Gasteiger partial charge in [-0.15, -0.1) is 0 Å². The van der Waals surface area contributed by atoms with Crippen molar-refractivity contribution in [1.29, 1.82) is 0 Å². The van der Waals surface area contributed by atoms with Crippen molar-refractivity contribution in [2.24, 2.45) is 0 Å². The zero-order chi connectivity index (χ0) is 24.3. The number of carbonyl (C=O) groups is 3. The molecule has 0 aliphatic carbocycles. The topological polar surface area (TPSA) is 114 Å². The first-order valence-corrected chi connectivity index (χ1v) is 11.7. The Hall–Kier alpha value is -3.03. The second kappa shape index (κ2) is 10.1. The highest BCUT2D eigenvalue weighted by molar-refractivity contribution is 14.1. The van der Waals surface area contributed by atoms with Crippen LogP contribution in [0.25, 0.3) is 0 Å². The van der Waals surface area contributed by atoms with E-state index in [-0.39, 0.29) is 15.6 Å². The van der Waals surface area contributed by atoms with Crippen molar-refractivity contribution < 1.29 is 38.1 Å². The molecule has 2 aromatic carbocycles. The van der Waals surface area contributed by atoms with Crippen LogP contribution in [0.2, 0.25) is 0 Å². The maximum Gasteiger partial charge on any atom is 0.338 e. The lowest BCUT2D eigenvalue weighted by Crippen LogP contribution is -2.54. The molecule has 1 unspecified atom stereocenters. The molecule has 34 heavy (non-hydrogen) atoms. The summed E-state index contributed by atoms with van der Waals surface area (Å²) >= 11 is 1.72. The van der Waals surface area contributed by atoms with Gasteiger partial charge >= 0.3 is 18.0 Å². The lowest BCUT2D eigenvalue weighted by molar-refractivity contribution is -0.172. The Balaban J connectivity index is 1.69. The number of amides is 2. The predicted molar refractivity (Wildman–Crippen MR) is 124 cm³/mol. The fourth-order valence-corrected chi connectivity index (χ4v) is 4.16. The standard InChI is InChI=1S/C23H20FIN2O7/c24-23(13-25)18(33-21(30)15-9-5-2-6-10-15)17(32-20(29)14-7-3-1-4-8-14)19(34-23)27-12-11-16(28)26-22(27)31/h1-12,16-19,28H,13H2,(H,26,31)/t16?,17-,18+,19-,23-/m1/s1. The summed E-state index contributed by atoms with van der Waals surface area (Å²) < 4.78 is 32.3. The van der Waals surface area contributed by atoms with Gasteiger partial charge in [0, 0.05) is 6.20 Å². The first kappa shape index (κ1) is 24.1. The smallest absolute Gasteiger partial charge is 0.338 e. The molecule has 2 aliphatic rings. The number of nitrogens with zero attached hydrogens (tertiary/aromatic N) is 1. The van der Waals surface area contributed by atoms with Crippen molar-refractivity contribution in [3.05, 3.63) is 84.1 Å². The maximum absolute atomic E-state index is 16.0. The Morgan fingerprint density at radius 2 is 1.62 bits per heavy atom. The highest BCUT2D eigenvalue weighted by atomic mass is 127. The molecule has 0 aromatic heterocycles. The maximum atomic E-state index is 16.0. The lowest BCUT2D eigenvalue weighted by atomic mass is 10.1. The first-order valence-electron chi connectivity index (χ1n) is 10.2. The molecule has 0 radical (unpaired) electrons. The summed E-state index contributed by atoms with van der Waals surface area (Å²) in [5, 5.41) is 11.9. The van der Waals surface area contributed by atoms with E-state index in [0.717, 1.165) is 4.90 Å². The van der Waals surface area contributed by atoms with E-state index in [1.807, 2.05) is 0 Å². The van der Waals surface area contributed by atoms with Gasteiger partial charge in [0.05, 0.1) is 15.6 Å². The van der Waals surface area contributed by atoms with Crippen LogP contribution in [-0.2, 0) is 14.2 Å². The highest BCUT2D eigenvalue weighted by Gasteiger charge is 2.62. The molecule has 1 fully saturated rings. The van der Waals surface area contributed by atoms with E-state index in [4.69, 9.17) is 14.2 Å². The van der Waals surface area contributed by atoms with E-state index in [9.17, 15) is 19.5 Å². The van der Waals surface area contributed by atoms with Gasteiger partial charge in [0.1, 0.15) is 6.23 Å². The van der Waals surface area contributed by atoms with E-state index in [1.54, 1.807) is 59.0 Å². The summed E-state index contributed by atoms with van der Waals surface area (Å²) in [6.45, 7) is 0. The van der Waals surface area contributed by atoms with Crippen LogP contribution in [0.5, 0.6) is 0 Å². The molecule has 2 aliphatic heterocycles. The van der Waals surface area contributed by atoms with Crippen molar-refractivity contribution in [3.63, 3.8) is 0 Å². The number of aliphatic hydroxyl groups excluding tert-OH is 1. The molecule has 5 atom stereocenters. The second-order valence-corrected chi connectivity index (χ2v) is 8.26. The summed E-state index contributed by atoms with van der Waals surface area (Å²) in [7, 11) is 0. The quantitative estimate of drug-likeness (QED) is 0.306. The number of alkyl halides is 2. The van der Waals surface area contributed by atoms with Gasteiger partial charge in [0.25, 0.3) is 5.85 Å². The number of aliphatic hydroxyl groups is 1. The number of carbonyl (C=O) groups excluding carboxylic acids is 3. The van der Waals surface area contributed by atoms with Crippen molar-refractivity contribution in [2.45, 2.75) is 30.5 Å². The van der Waals surface area contributed by atoms with E-state index < -0.39 is 48.5 Å². The summed E-state index contributed by atoms with van der Waals surface area (Å²) in [6.07, 6.45) is -3.53. The van der Waals surface area contributed by atoms with Crippen molar-refractivity contribution in [1.82, 2.24) is 10.2 Å². The fraction of sp³-hybridized carbons (Fsp3) is 0.261. The number of hydrogen-bond acceptors (Lipinski definition) is 7. The van der Waals surface area contributed by atoms with Gasteiger partial charge in [-0.05, 0) is 30.3 Å². The molecule has 11 heteroatoms. The zero-order valence-electron chi connectivity index (χ0n) is 17.5. The van der Waals surface area contributed by atoms with Crippen LogP contribution in [0.3, 0.4) is 0 Å². The number of hydrogen-bond donors (Lipinski definition) is 2. The second-order valence-electron chi connectivity index (χ2n) is 7.50. The number of urea groups is 1. The first-order chi connectivity index (χ1) is 16.3. The third kappa shape index (κ3) is 4.91. The number of benzene rings is 2. The number of halogens is 2. The molecule has 9 nitrogen and oxygen atoms in total. The number of rotatable bonds is 6. The van der Waals surface area contributed by atoms with Gasteiger partial charge in [-0.1, -0.05) is 59.0 Å². The van der Waals surface area contributed by atoms with Crippen molar-refractivity contribution in [2.75, 3.05) is 4.43 Å². The Labute approximate surface area is 207 Å². The largest absolute Gasteiger partial charge is 0.450 e. The van der Waals surface area contributed by atoms with Crippen LogP contribution in [0.4, 0.5) is 9.18 Å². The van der Waals surface area contributed by atoms with E-state index in [1.165, 1.54) is 36.5 Å². The molecule has 4 rings (SSSR count). The van der Waals surface area contributed by atoms with Crippen LogP contribution in [0, 0.1) is 0 Å². The molecule has 1 saturated heterocycles. The fourth-order valence-electron chi connectivity index (χ4n) is 3.54. The van der Waals surface area contributed by atoms with Gasteiger partial charge in [0.2, 0.25) is 6.10 Å².